The van der Waals surface area contributed by atoms with Crippen molar-refractivity contribution in [1.82, 2.24) is 4.90 Å². The van der Waals surface area contributed by atoms with E-state index in [1.807, 2.05) is 56.3 Å². The second-order valence-electron chi connectivity index (χ2n) is 8.93. The van der Waals surface area contributed by atoms with E-state index in [2.05, 4.69) is 15.5 Å². The number of methoxy groups -OCH3 is 1. The number of amides is 2. The summed E-state index contributed by atoms with van der Waals surface area (Å²) in [5, 5.41) is 5.89. The number of rotatable bonds is 7. The van der Waals surface area contributed by atoms with Crippen LogP contribution in [0.2, 0.25) is 0 Å². The zero-order chi connectivity index (χ0) is 24.8. The molecule has 0 unspecified atom stereocenters. The minimum absolute atomic E-state index is 0.155. The second-order valence-corrected chi connectivity index (χ2v) is 8.93. The molecule has 7 heteroatoms. The van der Waals surface area contributed by atoms with E-state index in [0.29, 0.717) is 49.0 Å². The average molecular weight is 474 g/mol. The van der Waals surface area contributed by atoms with E-state index < -0.39 is 5.54 Å². The van der Waals surface area contributed by atoms with Crippen molar-refractivity contribution in [3.8, 4) is 16.9 Å². The molecule has 35 heavy (non-hydrogen) atoms. The molecule has 0 bridgehead atoms. The highest BCUT2D eigenvalue weighted by molar-refractivity contribution is 6.05. The average Bonchev–Trinajstić information content (AvgIpc) is 2.90. The zero-order valence-corrected chi connectivity index (χ0v) is 20.3. The number of nitrogens with one attached hydrogen (secondary N) is 2. The number of carbonyl (C=O) groups is 2. The largest absolute Gasteiger partial charge is 0.495 e. The van der Waals surface area contributed by atoms with Crippen molar-refractivity contribution in [1.29, 1.82) is 0 Å². The van der Waals surface area contributed by atoms with Gasteiger partial charge in [-0.2, -0.15) is 0 Å². The standard InChI is InChI=1S/C28H31N3O4/c1-28(2,31-15-17-35-18-16-31)27(33)30-24-19-23(13-14-25(24)34-3)29-26(32)22-11-9-21(10-12-22)20-7-5-4-6-8-20/h4-14,19H,15-18H2,1-3H3,(H,29,32)(H,30,33). The Hall–Kier alpha value is -3.68. The van der Waals surface area contributed by atoms with Gasteiger partial charge in [-0.15, -0.1) is 0 Å². The third kappa shape index (κ3) is 5.70. The Labute approximate surface area is 206 Å². The predicted molar refractivity (Wildman–Crippen MR) is 138 cm³/mol. The van der Waals surface area contributed by atoms with Crippen LogP contribution in [0.3, 0.4) is 0 Å². The molecular weight excluding hydrogens is 442 g/mol. The van der Waals surface area contributed by atoms with Gasteiger partial charge in [0.1, 0.15) is 5.75 Å². The molecule has 0 aromatic heterocycles. The van der Waals surface area contributed by atoms with E-state index in [9.17, 15) is 9.59 Å². The second kappa shape index (κ2) is 10.7. The van der Waals surface area contributed by atoms with Crippen molar-refractivity contribution >= 4 is 23.2 Å². The first kappa shape index (κ1) is 24.4. The maximum atomic E-state index is 13.2. The molecule has 7 nitrogen and oxygen atoms in total. The fourth-order valence-corrected chi connectivity index (χ4v) is 4.07. The number of anilines is 2. The van der Waals surface area contributed by atoms with Crippen LogP contribution in [0.1, 0.15) is 24.2 Å². The van der Waals surface area contributed by atoms with Crippen LogP contribution in [0.25, 0.3) is 11.1 Å². The molecule has 0 saturated carbocycles. The number of carbonyl (C=O) groups excluding carboxylic acids is 2. The van der Waals surface area contributed by atoms with Gasteiger partial charge in [-0.25, -0.2) is 0 Å². The van der Waals surface area contributed by atoms with Gasteiger partial charge in [0.25, 0.3) is 5.91 Å². The van der Waals surface area contributed by atoms with E-state index in [1.54, 1.807) is 37.4 Å². The molecule has 182 valence electrons. The fraction of sp³-hybridized carbons (Fsp3) is 0.286. The minimum Gasteiger partial charge on any atom is -0.495 e. The van der Waals surface area contributed by atoms with Crippen LogP contribution in [0.5, 0.6) is 5.75 Å². The maximum absolute atomic E-state index is 13.2. The molecule has 3 aromatic rings. The van der Waals surface area contributed by atoms with Gasteiger partial charge in [-0.1, -0.05) is 42.5 Å². The first-order valence-corrected chi connectivity index (χ1v) is 11.7. The monoisotopic (exact) mass is 473 g/mol. The van der Waals surface area contributed by atoms with Gasteiger partial charge >= 0.3 is 0 Å². The molecule has 1 heterocycles. The number of hydrogen-bond donors (Lipinski definition) is 2. The molecule has 0 spiro atoms. The van der Waals surface area contributed by atoms with Crippen molar-refractivity contribution in [2.45, 2.75) is 19.4 Å². The summed E-state index contributed by atoms with van der Waals surface area (Å²) in [5.41, 5.74) is 3.00. The van der Waals surface area contributed by atoms with Gasteiger partial charge in [0.2, 0.25) is 5.91 Å². The van der Waals surface area contributed by atoms with Crippen LogP contribution in [0, 0.1) is 0 Å². The van der Waals surface area contributed by atoms with Gasteiger partial charge in [0.15, 0.2) is 0 Å². The molecule has 0 aliphatic carbocycles. The highest BCUT2D eigenvalue weighted by atomic mass is 16.5. The Kier molecular flexibility index (Phi) is 7.48. The van der Waals surface area contributed by atoms with Crippen molar-refractivity contribution in [2.75, 3.05) is 44.0 Å². The molecule has 1 saturated heterocycles. The van der Waals surface area contributed by atoms with Crippen LogP contribution in [-0.4, -0.2) is 55.7 Å². The summed E-state index contributed by atoms with van der Waals surface area (Å²) in [5.74, 6) is 0.125. The number of nitrogens with zero attached hydrogens (tertiary/aromatic N) is 1. The number of benzene rings is 3. The highest BCUT2D eigenvalue weighted by Crippen LogP contribution is 2.30. The zero-order valence-electron chi connectivity index (χ0n) is 20.3. The van der Waals surface area contributed by atoms with Crippen LogP contribution >= 0.6 is 0 Å². The Bertz CT molecular complexity index is 1170. The summed E-state index contributed by atoms with van der Waals surface area (Å²) < 4.78 is 10.9. The third-order valence-electron chi connectivity index (χ3n) is 6.32. The summed E-state index contributed by atoms with van der Waals surface area (Å²) in [6.07, 6.45) is 0. The summed E-state index contributed by atoms with van der Waals surface area (Å²) in [6.45, 7) is 6.38. The lowest BCUT2D eigenvalue weighted by Crippen LogP contribution is -2.56. The Morgan fingerprint density at radius 3 is 2.20 bits per heavy atom. The van der Waals surface area contributed by atoms with Crippen molar-refractivity contribution in [3.05, 3.63) is 78.4 Å². The van der Waals surface area contributed by atoms with Gasteiger partial charge in [-0.05, 0) is 55.3 Å². The van der Waals surface area contributed by atoms with Gasteiger partial charge < -0.3 is 20.1 Å². The Morgan fingerprint density at radius 1 is 0.886 bits per heavy atom. The molecule has 1 aliphatic heterocycles. The summed E-state index contributed by atoms with van der Waals surface area (Å²) in [4.78, 5) is 28.1. The first-order chi connectivity index (χ1) is 16.9. The van der Waals surface area contributed by atoms with E-state index in [4.69, 9.17) is 9.47 Å². The SMILES string of the molecule is COc1ccc(NC(=O)c2ccc(-c3ccccc3)cc2)cc1NC(=O)C(C)(C)N1CCOCC1. The molecule has 2 N–H and O–H groups in total. The van der Waals surface area contributed by atoms with E-state index >= 15 is 0 Å². The lowest BCUT2D eigenvalue weighted by atomic mass is 10.0. The van der Waals surface area contributed by atoms with Crippen LogP contribution < -0.4 is 15.4 Å². The van der Waals surface area contributed by atoms with Crippen LogP contribution in [0.4, 0.5) is 11.4 Å². The predicted octanol–water partition coefficient (Wildman–Crippen LogP) is 4.66. The highest BCUT2D eigenvalue weighted by Gasteiger charge is 2.35. The van der Waals surface area contributed by atoms with Gasteiger partial charge in [-0.3, -0.25) is 14.5 Å². The summed E-state index contributed by atoms with van der Waals surface area (Å²) in [7, 11) is 1.55. The molecule has 0 atom stereocenters. The van der Waals surface area contributed by atoms with Gasteiger partial charge in [0, 0.05) is 24.3 Å². The minimum atomic E-state index is -0.728. The smallest absolute Gasteiger partial charge is 0.255 e. The lowest BCUT2D eigenvalue weighted by Gasteiger charge is -2.39. The van der Waals surface area contributed by atoms with Crippen LogP contribution in [-0.2, 0) is 9.53 Å². The van der Waals surface area contributed by atoms with Crippen molar-refractivity contribution in [2.24, 2.45) is 0 Å². The maximum Gasteiger partial charge on any atom is 0.255 e. The summed E-state index contributed by atoms with van der Waals surface area (Å²) >= 11 is 0. The molecule has 1 fully saturated rings. The lowest BCUT2D eigenvalue weighted by molar-refractivity contribution is -0.129. The van der Waals surface area contributed by atoms with E-state index in [0.717, 1.165) is 11.1 Å². The molecule has 1 aliphatic rings. The van der Waals surface area contributed by atoms with Crippen LogP contribution in [0.15, 0.2) is 72.8 Å². The topological polar surface area (TPSA) is 79.9 Å². The van der Waals surface area contributed by atoms with E-state index in [1.165, 1.54) is 0 Å². The molecular formula is C28H31N3O4. The Morgan fingerprint density at radius 2 is 1.54 bits per heavy atom. The van der Waals surface area contributed by atoms with Crippen molar-refractivity contribution in [3.63, 3.8) is 0 Å². The van der Waals surface area contributed by atoms with Gasteiger partial charge in [0.05, 0.1) is 31.5 Å². The molecule has 4 rings (SSSR count). The summed E-state index contributed by atoms with van der Waals surface area (Å²) in [6, 6.07) is 22.6. The number of hydrogen-bond acceptors (Lipinski definition) is 5. The first-order valence-electron chi connectivity index (χ1n) is 11.7. The van der Waals surface area contributed by atoms with E-state index in [-0.39, 0.29) is 11.8 Å². The number of morpholine rings is 1. The molecule has 3 aromatic carbocycles. The third-order valence-corrected chi connectivity index (χ3v) is 6.32. The quantitative estimate of drug-likeness (QED) is 0.522. The fourth-order valence-electron chi connectivity index (χ4n) is 4.07. The molecule has 0 radical (unpaired) electrons. The Balaban J connectivity index is 1.47. The normalized spacial score (nSPS) is 14.3. The number of ether oxygens (including phenoxy) is 2. The molecule has 2 amide bonds. The van der Waals surface area contributed by atoms with Crippen molar-refractivity contribution < 1.29 is 19.1 Å².